The fraction of sp³-hybridized carbons (Fsp3) is 0.214. The van der Waals surface area contributed by atoms with E-state index in [0.29, 0.717) is 27.9 Å². The minimum atomic E-state index is -0.313. The Morgan fingerprint density at radius 1 is 1.52 bits per heavy atom. The number of rotatable bonds is 5. The molecule has 0 bridgehead atoms. The molecule has 0 saturated carbocycles. The summed E-state index contributed by atoms with van der Waals surface area (Å²) in [5.74, 6) is 0.374. The number of nitrogens with one attached hydrogen (secondary N) is 1. The van der Waals surface area contributed by atoms with Crippen molar-refractivity contribution >= 4 is 28.6 Å². The number of nitrogens with two attached hydrogens (primary N) is 1. The number of hydrogen-bond acceptors (Lipinski definition) is 6. The first kappa shape index (κ1) is 15.0. The number of amides is 1. The van der Waals surface area contributed by atoms with Crippen molar-refractivity contribution in [2.75, 3.05) is 12.8 Å². The highest BCUT2D eigenvalue weighted by atomic mass is 32.1. The molecular weight excluding hydrogens is 288 g/mol. The molecule has 7 heteroatoms. The number of hydrogen-bond donors (Lipinski definition) is 2. The average Bonchev–Trinajstić information content (AvgIpc) is 2.89. The quantitative estimate of drug-likeness (QED) is 0.653. The van der Waals surface area contributed by atoms with Gasteiger partial charge in [0.25, 0.3) is 5.91 Å². The lowest BCUT2D eigenvalue weighted by molar-refractivity contribution is 0.0958. The van der Waals surface area contributed by atoms with E-state index in [2.05, 4.69) is 15.5 Å². The maximum Gasteiger partial charge on any atom is 0.283 e. The summed E-state index contributed by atoms with van der Waals surface area (Å²) < 4.78 is 5.20. The Hall–Kier alpha value is -2.41. The molecule has 110 valence electrons. The highest BCUT2D eigenvalue weighted by molar-refractivity contribution is 7.17. The number of ether oxygens (including phenoxy) is 1. The monoisotopic (exact) mass is 304 g/mol. The molecule has 0 radical (unpaired) electrons. The number of nitrogen functional groups attached to an aromatic ring is 1. The number of nitrogens with zero attached hydrogens (tertiary/aromatic N) is 2. The Labute approximate surface area is 126 Å². The van der Waals surface area contributed by atoms with Crippen LogP contribution >= 0.6 is 11.3 Å². The first-order valence-electron chi connectivity index (χ1n) is 6.37. The molecule has 0 fully saturated rings. The van der Waals surface area contributed by atoms with Crippen LogP contribution in [0, 0.1) is 0 Å². The predicted molar refractivity (Wildman–Crippen MR) is 84.0 cm³/mol. The van der Waals surface area contributed by atoms with Crippen molar-refractivity contribution in [2.24, 2.45) is 5.10 Å². The van der Waals surface area contributed by atoms with Crippen LogP contribution in [0.5, 0.6) is 5.75 Å². The smallest absolute Gasteiger partial charge is 0.283 e. The van der Waals surface area contributed by atoms with Gasteiger partial charge < -0.3 is 10.5 Å². The molecule has 3 N–H and O–H groups in total. The van der Waals surface area contributed by atoms with Crippen molar-refractivity contribution in [3.05, 3.63) is 40.4 Å². The molecule has 1 aromatic carbocycles. The Balaban J connectivity index is 2.08. The van der Waals surface area contributed by atoms with Crippen molar-refractivity contribution in [1.82, 2.24) is 10.4 Å². The summed E-state index contributed by atoms with van der Waals surface area (Å²) in [6.07, 6.45) is 2.18. The van der Waals surface area contributed by atoms with Crippen LogP contribution in [-0.4, -0.2) is 24.2 Å². The third kappa shape index (κ3) is 3.57. The van der Waals surface area contributed by atoms with Crippen LogP contribution in [0.25, 0.3) is 0 Å². The minimum Gasteiger partial charge on any atom is -0.496 e. The highest BCUT2D eigenvalue weighted by Crippen LogP contribution is 2.20. The molecule has 0 atom stereocenters. The molecule has 1 aromatic heterocycles. The molecule has 6 nitrogen and oxygen atoms in total. The molecule has 21 heavy (non-hydrogen) atoms. The lowest BCUT2D eigenvalue weighted by Gasteiger charge is -2.03. The van der Waals surface area contributed by atoms with E-state index in [-0.39, 0.29) is 5.91 Å². The molecule has 0 aliphatic carbocycles. The van der Waals surface area contributed by atoms with E-state index in [4.69, 9.17) is 10.5 Å². The summed E-state index contributed by atoms with van der Waals surface area (Å²) in [5, 5.41) is 4.33. The predicted octanol–water partition coefficient (Wildman–Crippen LogP) is 2.06. The number of benzene rings is 1. The third-order valence-corrected chi connectivity index (χ3v) is 3.69. The maximum atomic E-state index is 12.0. The standard InChI is InChI=1S/C14H16N4O2S/c1-3-10-12(21-14(15)17-10)13(19)18-16-8-9-6-4-5-7-11(9)20-2/h4-8H,3H2,1-2H3,(H2,15,17)(H,18,19). The van der Waals surface area contributed by atoms with Gasteiger partial charge in [-0.05, 0) is 18.6 Å². The molecule has 1 heterocycles. The van der Waals surface area contributed by atoms with Gasteiger partial charge in [-0.15, -0.1) is 0 Å². The normalized spacial score (nSPS) is 10.8. The summed E-state index contributed by atoms with van der Waals surface area (Å²) in [7, 11) is 1.58. The fourth-order valence-corrected chi connectivity index (χ4v) is 2.58. The van der Waals surface area contributed by atoms with Crippen molar-refractivity contribution in [3.8, 4) is 5.75 Å². The van der Waals surface area contributed by atoms with Crippen molar-refractivity contribution in [3.63, 3.8) is 0 Å². The summed E-state index contributed by atoms with van der Waals surface area (Å²) in [6, 6.07) is 7.39. The van der Waals surface area contributed by atoms with Gasteiger partial charge in [0.2, 0.25) is 0 Å². The van der Waals surface area contributed by atoms with Gasteiger partial charge in [0.15, 0.2) is 5.13 Å². The Morgan fingerprint density at radius 2 is 2.29 bits per heavy atom. The molecule has 0 saturated heterocycles. The average molecular weight is 304 g/mol. The molecule has 0 unspecified atom stereocenters. The van der Waals surface area contributed by atoms with Crippen molar-refractivity contribution in [1.29, 1.82) is 0 Å². The van der Waals surface area contributed by atoms with Crippen LogP contribution in [-0.2, 0) is 6.42 Å². The second kappa shape index (κ2) is 6.85. The second-order valence-electron chi connectivity index (χ2n) is 4.12. The van der Waals surface area contributed by atoms with Gasteiger partial charge in [-0.1, -0.05) is 30.4 Å². The van der Waals surface area contributed by atoms with Crippen LogP contribution < -0.4 is 15.9 Å². The zero-order chi connectivity index (χ0) is 15.2. The Morgan fingerprint density at radius 3 is 3.00 bits per heavy atom. The van der Waals surface area contributed by atoms with E-state index in [1.807, 2.05) is 31.2 Å². The number of aryl methyl sites for hydroxylation is 1. The van der Waals surface area contributed by atoms with Gasteiger partial charge in [-0.2, -0.15) is 5.10 Å². The molecular formula is C14H16N4O2S. The number of carbonyl (C=O) groups excluding carboxylic acids is 1. The maximum absolute atomic E-state index is 12.0. The topological polar surface area (TPSA) is 89.6 Å². The first-order chi connectivity index (χ1) is 10.2. The Bertz CT molecular complexity index is 667. The second-order valence-corrected chi connectivity index (χ2v) is 5.15. The summed E-state index contributed by atoms with van der Waals surface area (Å²) in [6.45, 7) is 1.92. The van der Waals surface area contributed by atoms with Crippen molar-refractivity contribution in [2.45, 2.75) is 13.3 Å². The van der Waals surface area contributed by atoms with Crippen molar-refractivity contribution < 1.29 is 9.53 Å². The molecule has 1 amide bonds. The number of carbonyl (C=O) groups is 1. The van der Waals surface area contributed by atoms with E-state index in [9.17, 15) is 4.79 Å². The minimum absolute atomic E-state index is 0.313. The number of hydrazone groups is 1. The number of aromatic nitrogens is 1. The molecule has 0 aliphatic rings. The first-order valence-corrected chi connectivity index (χ1v) is 7.19. The fourth-order valence-electron chi connectivity index (χ4n) is 1.77. The van der Waals surface area contributed by atoms with E-state index >= 15 is 0 Å². The third-order valence-electron chi connectivity index (χ3n) is 2.76. The van der Waals surface area contributed by atoms with Gasteiger partial charge in [0.05, 0.1) is 19.0 Å². The largest absolute Gasteiger partial charge is 0.496 e. The van der Waals surface area contributed by atoms with Crippen LogP contribution in [0.15, 0.2) is 29.4 Å². The van der Waals surface area contributed by atoms with E-state index in [0.717, 1.165) is 16.9 Å². The number of para-hydroxylation sites is 1. The lowest BCUT2D eigenvalue weighted by Crippen LogP contribution is -2.17. The SMILES string of the molecule is CCc1nc(N)sc1C(=O)NN=Cc1ccccc1OC. The summed E-state index contributed by atoms with van der Waals surface area (Å²) in [4.78, 5) is 16.6. The summed E-state index contributed by atoms with van der Waals surface area (Å²) in [5.41, 5.74) is 9.56. The Kier molecular flexibility index (Phi) is 4.89. The van der Waals surface area contributed by atoms with Crippen LogP contribution in [0.2, 0.25) is 0 Å². The zero-order valence-corrected chi connectivity index (χ0v) is 12.6. The van der Waals surface area contributed by atoms with Gasteiger partial charge in [-0.25, -0.2) is 10.4 Å². The number of methoxy groups -OCH3 is 1. The van der Waals surface area contributed by atoms with Gasteiger partial charge >= 0.3 is 0 Å². The van der Waals surface area contributed by atoms with Gasteiger partial charge in [-0.3, -0.25) is 4.79 Å². The van der Waals surface area contributed by atoms with Gasteiger partial charge in [0.1, 0.15) is 10.6 Å². The molecule has 0 aliphatic heterocycles. The number of anilines is 1. The van der Waals surface area contributed by atoms with E-state index in [1.165, 1.54) is 6.21 Å². The zero-order valence-electron chi connectivity index (χ0n) is 11.8. The molecule has 2 rings (SSSR count). The van der Waals surface area contributed by atoms with E-state index < -0.39 is 0 Å². The van der Waals surface area contributed by atoms with Crippen LogP contribution in [0.1, 0.15) is 27.9 Å². The van der Waals surface area contributed by atoms with Crippen LogP contribution in [0.4, 0.5) is 5.13 Å². The van der Waals surface area contributed by atoms with E-state index in [1.54, 1.807) is 7.11 Å². The molecule has 2 aromatic rings. The number of thiazole rings is 1. The highest BCUT2D eigenvalue weighted by Gasteiger charge is 2.15. The summed E-state index contributed by atoms with van der Waals surface area (Å²) >= 11 is 1.16. The lowest BCUT2D eigenvalue weighted by atomic mass is 10.2. The molecule has 0 spiro atoms. The van der Waals surface area contributed by atoms with Crippen LogP contribution in [0.3, 0.4) is 0 Å². The van der Waals surface area contributed by atoms with Gasteiger partial charge in [0, 0.05) is 5.56 Å².